The van der Waals surface area contributed by atoms with E-state index in [-0.39, 0.29) is 23.0 Å². The fourth-order valence-electron chi connectivity index (χ4n) is 4.94. The first-order chi connectivity index (χ1) is 23.1. The summed E-state index contributed by atoms with van der Waals surface area (Å²) in [6.45, 7) is 0. The number of methoxy groups -OCH3 is 3. The van der Waals surface area contributed by atoms with E-state index >= 15 is 0 Å². The topological polar surface area (TPSA) is 123 Å². The molecule has 246 valence electrons. The number of halogens is 2. The number of anilines is 2. The van der Waals surface area contributed by atoms with Gasteiger partial charge in [0.05, 0.1) is 42.3 Å². The summed E-state index contributed by atoms with van der Waals surface area (Å²) in [5, 5.41) is 5.36. The molecule has 2 N–H and O–H groups in total. The molecule has 4 aromatic carbocycles. The molecule has 1 heterocycles. The molecular formula is C35H29Cl2N3O7S. The largest absolute Gasteiger partial charge is 0.493 e. The average Bonchev–Trinajstić information content (AvgIpc) is 3.37. The van der Waals surface area contributed by atoms with E-state index in [1.165, 1.54) is 51.3 Å². The fraction of sp³-hybridized carbons (Fsp3) is 0.143. The predicted octanol–water partition coefficient (Wildman–Crippen LogP) is 6.85. The third-order valence-corrected chi connectivity index (χ3v) is 9.12. The van der Waals surface area contributed by atoms with Gasteiger partial charge in [-0.3, -0.25) is 19.2 Å². The molecular weight excluding hydrogens is 677 g/mol. The first kappa shape index (κ1) is 34.4. The van der Waals surface area contributed by atoms with E-state index in [0.717, 1.165) is 4.90 Å². The zero-order chi connectivity index (χ0) is 34.4. The Morgan fingerprint density at radius 1 is 0.854 bits per heavy atom. The van der Waals surface area contributed by atoms with Crippen molar-refractivity contribution in [2.24, 2.45) is 0 Å². The maximum atomic E-state index is 13.7. The second-order valence-corrected chi connectivity index (χ2v) is 12.4. The Morgan fingerprint density at radius 2 is 1.60 bits per heavy atom. The van der Waals surface area contributed by atoms with Gasteiger partial charge in [-0.05, 0) is 66.7 Å². The van der Waals surface area contributed by atoms with Gasteiger partial charge >= 0.3 is 0 Å². The van der Waals surface area contributed by atoms with E-state index in [0.29, 0.717) is 49.7 Å². The van der Waals surface area contributed by atoms with Crippen LogP contribution in [-0.4, -0.2) is 50.2 Å². The molecule has 0 spiro atoms. The van der Waals surface area contributed by atoms with Crippen molar-refractivity contribution < 1.29 is 33.4 Å². The third kappa shape index (κ3) is 7.60. The monoisotopic (exact) mass is 705 g/mol. The zero-order valence-corrected chi connectivity index (χ0v) is 28.2. The molecule has 1 aliphatic rings. The summed E-state index contributed by atoms with van der Waals surface area (Å²) in [4.78, 5) is 54.7. The van der Waals surface area contributed by atoms with Crippen molar-refractivity contribution in [1.82, 2.24) is 5.32 Å². The molecule has 13 heteroatoms. The predicted molar refractivity (Wildman–Crippen MR) is 186 cm³/mol. The fourth-order valence-corrected chi connectivity index (χ4v) is 6.34. The van der Waals surface area contributed by atoms with Crippen LogP contribution in [0.2, 0.25) is 10.0 Å². The average molecular weight is 707 g/mol. The molecule has 1 atom stereocenters. The Balaban J connectivity index is 1.39. The van der Waals surface area contributed by atoms with Crippen molar-refractivity contribution in [3.63, 3.8) is 0 Å². The lowest BCUT2D eigenvalue weighted by atomic mass is 10.1. The molecule has 48 heavy (non-hydrogen) atoms. The van der Waals surface area contributed by atoms with Gasteiger partial charge in [-0.1, -0.05) is 47.5 Å². The number of carbonyl (C=O) groups excluding carboxylic acids is 4. The molecule has 4 aromatic rings. The van der Waals surface area contributed by atoms with Crippen molar-refractivity contribution in [3.8, 4) is 17.2 Å². The van der Waals surface area contributed by atoms with Crippen LogP contribution in [0.4, 0.5) is 11.4 Å². The molecule has 0 saturated carbocycles. The molecule has 1 aliphatic heterocycles. The van der Waals surface area contributed by atoms with Gasteiger partial charge in [0.15, 0.2) is 11.5 Å². The van der Waals surface area contributed by atoms with Crippen LogP contribution in [0.5, 0.6) is 17.2 Å². The summed E-state index contributed by atoms with van der Waals surface area (Å²) in [5.74, 6) is -0.869. The Morgan fingerprint density at radius 3 is 2.29 bits per heavy atom. The molecule has 0 aromatic heterocycles. The Hall–Kier alpha value is -4.97. The molecule has 0 radical (unpaired) electrons. The number of benzene rings is 4. The second-order valence-electron chi connectivity index (χ2n) is 10.3. The number of carbonyl (C=O) groups is 4. The number of nitrogens with zero attached hydrogens (tertiary/aromatic N) is 1. The standard InChI is InChI=1S/C35H29Cl2N3O7S/c1-45-28-15-12-21(31(46-2)32(28)47-3)16-27(39-33(42)20-8-5-4-6-9-20)34(43)38-22-10-7-11-24(17-22)48-29-19-30(41)40(35(29)44)23-13-14-25(36)26(37)18-23/h4-18,29H,19H2,1-3H3,(H,38,43)(H,39,42)/b27-16-/t29-/m1/s1. The van der Waals surface area contributed by atoms with Crippen molar-refractivity contribution in [2.45, 2.75) is 16.6 Å². The number of imide groups is 1. The van der Waals surface area contributed by atoms with Crippen molar-refractivity contribution >= 4 is 76.0 Å². The highest BCUT2D eigenvalue weighted by Crippen LogP contribution is 2.41. The van der Waals surface area contributed by atoms with Gasteiger partial charge < -0.3 is 24.8 Å². The third-order valence-electron chi connectivity index (χ3n) is 7.20. The van der Waals surface area contributed by atoms with Crippen LogP contribution >= 0.6 is 35.0 Å². The highest BCUT2D eigenvalue weighted by atomic mass is 35.5. The SMILES string of the molecule is COc1ccc(/C=C(\NC(=O)c2ccccc2)C(=O)Nc2cccc(S[C@@H]3CC(=O)N(c4ccc(Cl)c(Cl)c4)C3=O)c2)c(OC)c1OC. The maximum Gasteiger partial charge on any atom is 0.272 e. The molecule has 1 saturated heterocycles. The summed E-state index contributed by atoms with van der Waals surface area (Å²) >= 11 is 13.3. The number of rotatable bonds is 11. The molecule has 0 bridgehead atoms. The van der Waals surface area contributed by atoms with Crippen molar-refractivity contribution in [3.05, 3.63) is 112 Å². The van der Waals surface area contributed by atoms with E-state index < -0.39 is 23.0 Å². The van der Waals surface area contributed by atoms with Crippen LogP contribution in [0, 0.1) is 0 Å². The highest BCUT2D eigenvalue weighted by Gasteiger charge is 2.40. The summed E-state index contributed by atoms with van der Waals surface area (Å²) < 4.78 is 16.4. The lowest BCUT2D eigenvalue weighted by Crippen LogP contribution is -2.31. The van der Waals surface area contributed by atoms with Gasteiger partial charge in [-0.15, -0.1) is 11.8 Å². The second kappa shape index (κ2) is 15.3. The van der Waals surface area contributed by atoms with E-state index in [2.05, 4.69) is 10.6 Å². The van der Waals surface area contributed by atoms with Gasteiger partial charge in [0.25, 0.3) is 11.8 Å². The minimum absolute atomic E-state index is 0.0219. The summed E-state index contributed by atoms with van der Waals surface area (Å²) in [5.41, 5.74) is 1.43. The van der Waals surface area contributed by atoms with Crippen molar-refractivity contribution in [2.75, 3.05) is 31.5 Å². The number of ether oxygens (including phenoxy) is 3. The van der Waals surface area contributed by atoms with Crippen LogP contribution < -0.4 is 29.7 Å². The van der Waals surface area contributed by atoms with Gasteiger partial charge in [-0.2, -0.15) is 0 Å². The quantitative estimate of drug-likeness (QED) is 0.128. The molecule has 4 amide bonds. The minimum Gasteiger partial charge on any atom is -0.493 e. The summed E-state index contributed by atoms with van der Waals surface area (Å²) in [7, 11) is 4.40. The van der Waals surface area contributed by atoms with Crippen LogP contribution in [0.15, 0.2) is 95.5 Å². The first-order valence-corrected chi connectivity index (χ1v) is 16.0. The number of amides is 4. The van der Waals surface area contributed by atoms with Crippen LogP contribution in [0.1, 0.15) is 22.3 Å². The molecule has 1 fully saturated rings. The van der Waals surface area contributed by atoms with Gasteiger partial charge in [0.1, 0.15) is 5.70 Å². The van der Waals surface area contributed by atoms with Crippen LogP contribution in [0.25, 0.3) is 6.08 Å². The van der Waals surface area contributed by atoms with E-state index in [4.69, 9.17) is 37.4 Å². The Kier molecular flexibility index (Phi) is 10.9. The Bertz CT molecular complexity index is 1920. The molecule has 0 unspecified atom stereocenters. The number of hydrogen-bond donors (Lipinski definition) is 2. The maximum absolute atomic E-state index is 13.7. The minimum atomic E-state index is -0.698. The van der Waals surface area contributed by atoms with Gasteiger partial charge in [-0.25, -0.2) is 4.90 Å². The summed E-state index contributed by atoms with van der Waals surface area (Å²) in [6.07, 6.45) is 1.45. The first-order valence-electron chi connectivity index (χ1n) is 14.4. The van der Waals surface area contributed by atoms with E-state index in [1.54, 1.807) is 72.8 Å². The van der Waals surface area contributed by atoms with E-state index in [9.17, 15) is 19.2 Å². The van der Waals surface area contributed by atoms with E-state index in [1.807, 2.05) is 0 Å². The lowest BCUT2D eigenvalue weighted by Gasteiger charge is -2.16. The summed E-state index contributed by atoms with van der Waals surface area (Å²) in [6, 6.07) is 23.2. The van der Waals surface area contributed by atoms with Crippen molar-refractivity contribution in [1.29, 1.82) is 0 Å². The highest BCUT2D eigenvalue weighted by molar-refractivity contribution is 8.00. The molecule has 5 rings (SSSR count). The van der Waals surface area contributed by atoms with Crippen LogP contribution in [-0.2, 0) is 14.4 Å². The lowest BCUT2D eigenvalue weighted by molar-refractivity contribution is -0.121. The Labute approximate surface area is 290 Å². The van der Waals surface area contributed by atoms with Gasteiger partial charge in [0.2, 0.25) is 17.6 Å². The molecule has 10 nitrogen and oxygen atoms in total. The molecule has 0 aliphatic carbocycles. The smallest absolute Gasteiger partial charge is 0.272 e. The number of nitrogens with one attached hydrogen (secondary N) is 2. The van der Waals surface area contributed by atoms with Crippen LogP contribution in [0.3, 0.4) is 0 Å². The van der Waals surface area contributed by atoms with Gasteiger partial charge in [0, 0.05) is 28.1 Å². The number of hydrogen-bond acceptors (Lipinski definition) is 8. The number of thioether (sulfide) groups is 1. The normalized spacial score (nSPS) is 14.5. The zero-order valence-electron chi connectivity index (χ0n) is 25.9.